The summed E-state index contributed by atoms with van der Waals surface area (Å²) in [7, 11) is -4.37. The van der Waals surface area contributed by atoms with Gasteiger partial charge in [-0.3, -0.25) is 4.89 Å². The first kappa shape index (κ1) is 29.0. The second kappa shape index (κ2) is 12.7. The molecule has 0 radical (unpaired) electrons. The smallest absolute Gasteiger partial charge is 0.395 e. The van der Waals surface area contributed by atoms with Crippen molar-refractivity contribution in [1.29, 1.82) is 0 Å². The van der Waals surface area contributed by atoms with E-state index in [1.807, 2.05) is 0 Å². The molecular weight excluding hydrogens is 539 g/mol. The van der Waals surface area contributed by atoms with Crippen molar-refractivity contribution in [2.45, 2.75) is 159 Å². The van der Waals surface area contributed by atoms with Crippen LogP contribution >= 0.6 is 7.82 Å². The van der Waals surface area contributed by atoms with Gasteiger partial charge < -0.3 is 9.05 Å². The number of hydrogen-bond acceptors (Lipinski definition) is 3. The van der Waals surface area contributed by atoms with Gasteiger partial charge in [-0.25, -0.2) is 4.57 Å². The summed E-state index contributed by atoms with van der Waals surface area (Å²) in [5.74, 6) is 3.25. The Kier molecular flexibility index (Phi) is 8.75. The van der Waals surface area contributed by atoms with Crippen LogP contribution in [-0.2, 0) is 11.0 Å². The van der Waals surface area contributed by atoms with E-state index in [0.29, 0.717) is 41.6 Å². The van der Waals surface area contributed by atoms with E-state index in [1.165, 1.54) is 125 Å². The molecule has 0 spiro atoms. The molecule has 0 unspecified atom stereocenters. The van der Waals surface area contributed by atoms with Gasteiger partial charge in [-0.15, -0.1) is 0 Å². The molecule has 0 atom stereocenters. The second-order valence-electron chi connectivity index (χ2n) is 14.4. The lowest BCUT2D eigenvalue weighted by Gasteiger charge is -2.33. The van der Waals surface area contributed by atoms with E-state index in [9.17, 15) is 9.46 Å². The summed E-state index contributed by atoms with van der Waals surface area (Å²) < 4.78 is 26.3. The number of rotatable bonds is 4. The predicted molar refractivity (Wildman–Crippen MR) is 170 cm³/mol. The quantitative estimate of drug-likeness (QED) is 0.360. The highest BCUT2D eigenvalue weighted by molar-refractivity contribution is 7.48. The van der Waals surface area contributed by atoms with Gasteiger partial charge in [-0.1, -0.05) is 101 Å². The Hall–Kier alpha value is -1.77. The van der Waals surface area contributed by atoms with Crippen LogP contribution in [0.4, 0.5) is 0 Å². The molecule has 2 aromatic rings. The van der Waals surface area contributed by atoms with Crippen LogP contribution in [0.2, 0.25) is 0 Å². The largest absolute Gasteiger partial charge is 0.584 e. The minimum Gasteiger partial charge on any atom is -0.395 e. The van der Waals surface area contributed by atoms with Crippen molar-refractivity contribution in [2.24, 2.45) is 0 Å². The van der Waals surface area contributed by atoms with Crippen LogP contribution in [-0.4, -0.2) is 4.89 Å². The van der Waals surface area contributed by atoms with Crippen LogP contribution in [0.3, 0.4) is 0 Å². The van der Waals surface area contributed by atoms with Gasteiger partial charge in [0, 0.05) is 6.42 Å². The zero-order chi connectivity index (χ0) is 28.5. The van der Waals surface area contributed by atoms with Crippen LogP contribution in [0.25, 0.3) is 0 Å². The summed E-state index contributed by atoms with van der Waals surface area (Å²) in [6, 6.07) is 9.47. The summed E-state index contributed by atoms with van der Waals surface area (Å²) in [4.78, 5) is 11.4. The first-order chi connectivity index (χ1) is 20.5. The second-order valence-corrected chi connectivity index (χ2v) is 15.7. The maximum absolute atomic E-state index is 13.9. The summed E-state index contributed by atoms with van der Waals surface area (Å²) in [6.07, 6.45) is 25.6. The Morgan fingerprint density at radius 3 is 1.19 bits per heavy atom. The SMILES string of the molecule is O=P1(O)Oc2c(cc(C3CCCCC3)cc2C2CCCCC2)Cc2cc(C3CCCCC3)cc(C3CCCCC3)c2O1. The molecule has 0 amide bonds. The number of fused-ring (bicyclic) bond motifs is 2. The van der Waals surface area contributed by atoms with Gasteiger partial charge in [0.25, 0.3) is 0 Å². The van der Waals surface area contributed by atoms with Gasteiger partial charge in [0.15, 0.2) is 0 Å². The molecule has 4 saturated carbocycles. The number of hydrogen-bond donors (Lipinski definition) is 1. The summed E-state index contributed by atoms with van der Waals surface area (Å²) in [5.41, 5.74) is 7.42. The summed E-state index contributed by atoms with van der Waals surface area (Å²) in [6.45, 7) is 0. The lowest BCUT2D eigenvalue weighted by Crippen LogP contribution is -2.17. The number of benzene rings is 2. The zero-order valence-corrected chi connectivity index (χ0v) is 26.5. The number of phosphoric ester groups is 1. The van der Waals surface area contributed by atoms with Crippen LogP contribution in [0, 0.1) is 0 Å². The first-order valence-electron chi connectivity index (χ1n) is 17.6. The topological polar surface area (TPSA) is 55.8 Å². The monoisotopic (exact) mass is 590 g/mol. The summed E-state index contributed by atoms with van der Waals surface area (Å²) >= 11 is 0. The van der Waals surface area contributed by atoms with E-state index >= 15 is 0 Å². The van der Waals surface area contributed by atoms with Crippen molar-refractivity contribution in [3.05, 3.63) is 57.6 Å². The average molecular weight is 591 g/mol. The molecule has 0 aromatic heterocycles. The fraction of sp³-hybridized carbons (Fsp3) is 0.676. The van der Waals surface area contributed by atoms with E-state index in [4.69, 9.17) is 9.05 Å². The van der Waals surface area contributed by atoms with Crippen molar-refractivity contribution >= 4 is 7.82 Å². The molecule has 5 heteroatoms. The Bertz CT molecular complexity index is 1200. The molecule has 4 aliphatic carbocycles. The van der Waals surface area contributed by atoms with Crippen LogP contribution < -0.4 is 9.05 Å². The van der Waals surface area contributed by atoms with Gasteiger partial charge in [0.2, 0.25) is 0 Å². The van der Waals surface area contributed by atoms with Crippen molar-refractivity contribution < 1.29 is 18.5 Å². The standard InChI is InChI=1S/C37H51O4P/c38-42(39)40-36-32(21-30(26-13-5-1-6-14-26)24-34(36)28-17-9-3-10-18-28)23-33-22-31(27-15-7-2-8-16-27)25-35(37(33)41-42)29-19-11-4-12-20-29/h21-22,24-29H,1-20,23H2,(H,38,39). The lowest BCUT2D eigenvalue weighted by molar-refractivity contribution is 0.281. The van der Waals surface area contributed by atoms with Crippen molar-refractivity contribution in [3.8, 4) is 11.5 Å². The van der Waals surface area contributed by atoms with Gasteiger partial charge in [-0.05, 0) is 108 Å². The Balaban J connectivity index is 1.38. The molecule has 0 saturated heterocycles. The molecular formula is C37H51O4P. The highest BCUT2D eigenvalue weighted by atomic mass is 31.2. The molecule has 228 valence electrons. The normalized spacial score (nSPS) is 24.5. The van der Waals surface area contributed by atoms with Crippen molar-refractivity contribution in [3.63, 3.8) is 0 Å². The third-order valence-corrected chi connectivity index (χ3v) is 12.3. The third kappa shape index (κ3) is 6.23. The van der Waals surface area contributed by atoms with E-state index in [1.54, 1.807) is 0 Å². The molecule has 1 heterocycles. The van der Waals surface area contributed by atoms with Gasteiger partial charge in [0.05, 0.1) is 0 Å². The van der Waals surface area contributed by atoms with Crippen molar-refractivity contribution in [2.75, 3.05) is 0 Å². The van der Waals surface area contributed by atoms with Crippen LogP contribution in [0.1, 0.15) is 185 Å². The van der Waals surface area contributed by atoms with Gasteiger partial charge in [0.1, 0.15) is 11.5 Å². The van der Waals surface area contributed by atoms with Gasteiger partial charge in [-0.2, -0.15) is 0 Å². The fourth-order valence-electron chi connectivity index (χ4n) is 9.19. The van der Waals surface area contributed by atoms with Gasteiger partial charge >= 0.3 is 7.82 Å². The van der Waals surface area contributed by atoms with Crippen LogP contribution in [0.5, 0.6) is 11.5 Å². The fourth-order valence-corrected chi connectivity index (χ4v) is 10.1. The highest BCUT2D eigenvalue weighted by Gasteiger charge is 2.37. The Morgan fingerprint density at radius 2 is 0.833 bits per heavy atom. The number of phosphoric acid groups is 1. The molecule has 0 bridgehead atoms. The maximum atomic E-state index is 13.9. The van der Waals surface area contributed by atoms with Crippen LogP contribution in [0.15, 0.2) is 24.3 Å². The molecule has 1 N–H and O–H groups in total. The Labute approximate surface area is 253 Å². The molecule has 4 fully saturated rings. The zero-order valence-electron chi connectivity index (χ0n) is 25.6. The Morgan fingerprint density at radius 1 is 0.500 bits per heavy atom. The lowest BCUT2D eigenvalue weighted by atomic mass is 9.77. The third-order valence-electron chi connectivity index (χ3n) is 11.5. The van der Waals surface area contributed by atoms with Crippen molar-refractivity contribution in [1.82, 2.24) is 0 Å². The minimum absolute atomic E-state index is 0.390. The molecule has 2 aromatic carbocycles. The highest BCUT2D eigenvalue weighted by Crippen LogP contribution is 2.55. The molecule has 42 heavy (non-hydrogen) atoms. The minimum atomic E-state index is -4.37. The van der Waals surface area contributed by atoms with E-state index in [-0.39, 0.29) is 0 Å². The molecule has 4 nitrogen and oxygen atoms in total. The molecule has 5 aliphatic rings. The first-order valence-corrected chi connectivity index (χ1v) is 19.1. The average Bonchev–Trinajstić information content (AvgIpc) is 3.03. The molecule has 7 rings (SSSR count). The van der Waals surface area contributed by atoms with E-state index < -0.39 is 7.82 Å². The molecule has 1 aliphatic heterocycles. The summed E-state index contributed by atoms with van der Waals surface area (Å²) in [5, 5.41) is 0. The van der Waals surface area contributed by atoms with E-state index in [0.717, 1.165) is 36.8 Å². The predicted octanol–water partition coefficient (Wildman–Crippen LogP) is 11.3. The maximum Gasteiger partial charge on any atom is 0.584 e. The van der Waals surface area contributed by atoms with E-state index in [2.05, 4.69) is 24.3 Å².